The highest BCUT2D eigenvalue weighted by atomic mass is 35.5. The zero-order valence-electron chi connectivity index (χ0n) is 16.3. The van der Waals surface area contributed by atoms with E-state index in [-0.39, 0.29) is 22.8 Å². The van der Waals surface area contributed by atoms with Gasteiger partial charge in [-0.2, -0.15) is 0 Å². The highest BCUT2D eigenvalue weighted by Gasteiger charge is 2.25. The summed E-state index contributed by atoms with van der Waals surface area (Å²) in [4.78, 5) is 30.3. The fourth-order valence-corrected chi connectivity index (χ4v) is 4.21. The Hall–Kier alpha value is -3.49. The van der Waals surface area contributed by atoms with Gasteiger partial charge in [-0.05, 0) is 23.8 Å². The van der Waals surface area contributed by atoms with E-state index in [9.17, 15) is 14.9 Å². The summed E-state index contributed by atoms with van der Waals surface area (Å²) in [7, 11) is 1.57. The molecule has 0 unspecified atom stereocenters. The summed E-state index contributed by atoms with van der Waals surface area (Å²) in [5.74, 6) is 0.190. The molecule has 0 aliphatic rings. The fourth-order valence-electron chi connectivity index (χ4n) is 3.07. The molecule has 0 atom stereocenters. The van der Waals surface area contributed by atoms with Crippen LogP contribution in [0, 0.1) is 10.1 Å². The third-order valence-electron chi connectivity index (χ3n) is 4.63. The third kappa shape index (κ3) is 4.35. The molecule has 7 nitrogen and oxygen atoms in total. The lowest BCUT2D eigenvalue weighted by Gasteiger charge is -2.20. The van der Waals surface area contributed by atoms with Crippen LogP contribution in [0.15, 0.2) is 66.7 Å². The van der Waals surface area contributed by atoms with Crippen LogP contribution in [0.4, 0.5) is 10.8 Å². The standard InChI is InChI=1S/C22H16ClN3O4S/c1-30-16-8-10-20-19(12-16)24-22(31-20)25(13-14-5-3-2-4-6-14)21(27)17-11-15(26(28)29)7-9-18(17)23/h2-12H,13H2,1H3. The number of benzene rings is 3. The van der Waals surface area contributed by atoms with Gasteiger partial charge < -0.3 is 4.74 Å². The minimum absolute atomic E-state index is 0.0450. The fraction of sp³-hybridized carbons (Fsp3) is 0.0909. The van der Waals surface area contributed by atoms with E-state index in [0.29, 0.717) is 16.4 Å². The van der Waals surface area contributed by atoms with Crippen molar-refractivity contribution in [1.82, 2.24) is 4.98 Å². The van der Waals surface area contributed by atoms with Crippen molar-refractivity contribution in [3.05, 3.63) is 93.0 Å². The Morgan fingerprint density at radius 2 is 1.94 bits per heavy atom. The molecular formula is C22H16ClN3O4S. The van der Waals surface area contributed by atoms with E-state index in [0.717, 1.165) is 10.3 Å². The number of carbonyl (C=O) groups excluding carboxylic acids is 1. The number of amides is 1. The number of fused-ring (bicyclic) bond motifs is 1. The highest BCUT2D eigenvalue weighted by Crippen LogP contribution is 2.34. The number of anilines is 1. The number of non-ortho nitro benzene ring substituents is 1. The quantitative estimate of drug-likeness (QED) is 0.275. The molecule has 1 aromatic heterocycles. The van der Waals surface area contributed by atoms with Crippen molar-refractivity contribution in [2.75, 3.05) is 12.0 Å². The van der Waals surface area contributed by atoms with E-state index in [2.05, 4.69) is 4.98 Å². The summed E-state index contributed by atoms with van der Waals surface area (Å²) < 4.78 is 6.14. The minimum Gasteiger partial charge on any atom is -0.497 e. The lowest BCUT2D eigenvalue weighted by atomic mass is 10.1. The second-order valence-corrected chi connectivity index (χ2v) is 8.04. The van der Waals surface area contributed by atoms with Crippen LogP contribution >= 0.6 is 22.9 Å². The maximum Gasteiger partial charge on any atom is 0.270 e. The van der Waals surface area contributed by atoms with Crippen molar-refractivity contribution in [3.63, 3.8) is 0 Å². The summed E-state index contributed by atoms with van der Waals surface area (Å²) in [6.07, 6.45) is 0. The predicted molar refractivity (Wildman–Crippen MR) is 121 cm³/mol. The molecule has 0 saturated carbocycles. The van der Waals surface area contributed by atoms with Gasteiger partial charge in [-0.1, -0.05) is 53.3 Å². The molecule has 9 heteroatoms. The zero-order chi connectivity index (χ0) is 22.0. The largest absolute Gasteiger partial charge is 0.497 e. The molecule has 3 aromatic carbocycles. The molecule has 156 valence electrons. The molecule has 0 radical (unpaired) electrons. The van der Waals surface area contributed by atoms with Gasteiger partial charge in [0, 0.05) is 18.2 Å². The number of rotatable bonds is 6. The molecule has 0 aliphatic carbocycles. The lowest BCUT2D eigenvalue weighted by Crippen LogP contribution is -2.30. The van der Waals surface area contributed by atoms with E-state index < -0.39 is 10.8 Å². The van der Waals surface area contributed by atoms with E-state index >= 15 is 0 Å². The van der Waals surface area contributed by atoms with E-state index in [1.54, 1.807) is 13.2 Å². The van der Waals surface area contributed by atoms with Gasteiger partial charge >= 0.3 is 0 Å². The molecule has 0 spiro atoms. The van der Waals surface area contributed by atoms with Gasteiger partial charge in [-0.25, -0.2) is 4.98 Å². The predicted octanol–water partition coefficient (Wildman–Crippen LogP) is 5.71. The maximum absolute atomic E-state index is 13.5. The molecule has 1 amide bonds. The average Bonchev–Trinajstić information content (AvgIpc) is 3.20. The number of nitrogens with zero attached hydrogens (tertiary/aromatic N) is 3. The Kier molecular flexibility index (Phi) is 5.83. The van der Waals surface area contributed by atoms with Crippen LogP contribution in [0.3, 0.4) is 0 Å². The van der Waals surface area contributed by atoms with Crippen LogP contribution in [-0.4, -0.2) is 22.9 Å². The SMILES string of the molecule is COc1ccc2sc(N(Cc3ccccc3)C(=O)c3cc([N+](=O)[O-])ccc3Cl)nc2c1. The average molecular weight is 454 g/mol. The Balaban J connectivity index is 1.80. The second kappa shape index (κ2) is 8.71. The second-order valence-electron chi connectivity index (χ2n) is 6.63. The molecule has 0 N–H and O–H groups in total. The Labute approximate surface area is 186 Å². The van der Waals surface area contributed by atoms with Crippen molar-refractivity contribution < 1.29 is 14.5 Å². The number of carbonyl (C=O) groups is 1. The van der Waals surface area contributed by atoms with Gasteiger partial charge in [0.1, 0.15) is 5.75 Å². The van der Waals surface area contributed by atoms with Gasteiger partial charge in [0.05, 0.1) is 39.4 Å². The maximum atomic E-state index is 13.5. The van der Waals surface area contributed by atoms with E-state index in [1.165, 1.54) is 34.4 Å². The zero-order valence-corrected chi connectivity index (χ0v) is 17.9. The summed E-state index contributed by atoms with van der Waals surface area (Å²) in [5.41, 5.74) is 1.41. The summed E-state index contributed by atoms with van der Waals surface area (Å²) >= 11 is 7.59. The molecule has 4 rings (SSSR count). The number of methoxy groups -OCH3 is 1. The number of thiazole rings is 1. The van der Waals surface area contributed by atoms with Crippen LogP contribution < -0.4 is 9.64 Å². The topological polar surface area (TPSA) is 85.6 Å². The normalized spacial score (nSPS) is 10.8. The number of ether oxygens (including phenoxy) is 1. The monoisotopic (exact) mass is 453 g/mol. The summed E-state index contributed by atoms with van der Waals surface area (Å²) in [5, 5.41) is 11.8. The minimum atomic E-state index is -0.557. The molecule has 31 heavy (non-hydrogen) atoms. The molecule has 0 saturated heterocycles. The van der Waals surface area contributed by atoms with Crippen LogP contribution in [0.25, 0.3) is 10.2 Å². The Bertz CT molecular complexity index is 1280. The lowest BCUT2D eigenvalue weighted by molar-refractivity contribution is -0.384. The number of halogens is 1. The van der Waals surface area contributed by atoms with Crippen molar-refractivity contribution in [2.45, 2.75) is 6.54 Å². The first-order chi connectivity index (χ1) is 15.0. The summed E-state index contributed by atoms with van der Waals surface area (Å²) in [6.45, 7) is 0.232. The van der Waals surface area contributed by atoms with Gasteiger partial charge in [0.15, 0.2) is 5.13 Å². The number of nitro benzene ring substituents is 1. The summed E-state index contributed by atoms with van der Waals surface area (Å²) in [6, 6.07) is 18.7. The third-order valence-corrected chi connectivity index (χ3v) is 6.02. The van der Waals surface area contributed by atoms with Gasteiger partial charge in [0.2, 0.25) is 0 Å². The molecule has 0 aliphatic heterocycles. The molecule has 0 fully saturated rings. The van der Waals surface area contributed by atoms with Crippen LogP contribution in [0.5, 0.6) is 5.75 Å². The van der Waals surface area contributed by atoms with Crippen LogP contribution in [0.1, 0.15) is 15.9 Å². The van der Waals surface area contributed by atoms with Gasteiger partial charge in [-0.3, -0.25) is 19.8 Å². The first-order valence-corrected chi connectivity index (χ1v) is 10.4. The van der Waals surface area contributed by atoms with Gasteiger partial charge in [0.25, 0.3) is 11.6 Å². The van der Waals surface area contributed by atoms with Gasteiger partial charge in [-0.15, -0.1) is 0 Å². The highest BCUT2D eigenvalue weighted by molar-refractivity contribution is 7.22. The number of hydrogen-bond acceptors (Lipinski definition) is 6. The Morgan fingerprint density at radius 1 is 1.16 bits per heavy atom. The first-order valence-electron chi connectivity index (χ1n) is 9.20. The van der Waals surface area contributed by atoms with Crippen LogP contribution in [0.2, 0.25) is 5.02 Å². The number of nitro groups is 1. The van der Waals surface area contributed by atoms with Crippen molar-refractivity contribution >= 4 is 49.9 Å². The number of aromatic nitrogens is 1. The van der Waals surface area contributed by atoms with Crippen molar-refractivity contribution in [1.29, 1.82) is 0 Å². The smallest absolute Gasteiger partial charge is 0.270 e. The molecule has 4 aromatic rings. The first kappa shape index (κ1) is 20.8. The Morgan fingerprint density at radius 3 is 2.65 bits per heavy atom. The van der Waals surface area contributed by atoms with Crippen molar-refractivity contribution in [2.24, 2.45) is 0 Å². The molecule has 1 heterocycles. The van der Waals surface area contributed by atoms with E-state index in [4.69, 9.17) is 16.3 Å². The van der Waals surface area contributed by atoms with Crippen molar-refractivity contribution in [3.8, 4) is 5.75 Å². The van der Waals surface area contributed by atoms with Crippen LogP contribution in [-0.2, 0) is 6.54 Å². The number of hydrogen-bond donors (Lipinski definition) is 0. The van der Waals surface area contributed by atoms with E-state index in [1.807, 2.05) is 42.5 Å². The molecular weight excluding hydrogens is 438 g/mol. The molecule has 0 bridgehead atoms.